The number of nitrogen functional groups attached to an aromatic ring is 1. The van der Waals surface area contributed by atoms with Crippen molar-refractivity contribution in [3.63, 3.8) is 0 Å². The van der Waals surface area contributed by atoms with Crippen LogP contribution in [0.15, 0.2) is 24.3 Å². The van der Waals surface area contributed by atoms with Gasteiger partial charge in [0.25, 0.3) is 5.91 Å². The number of nitrogens with two attached hydrogens (primary N) is 2. The van der Waals surface area contributed by atoms with Crippen molar-refractivity contribution in [3.05, 3.63) is 46.1 Å². The van der Waals surface area contributed by atoms with E-state index in [0.717, 1.165) is 66.4 Å². The number of hydrogen-bond donors (Lipinski definition) is 3. The van der Waals surface area contributed by atoms with Gasteiger partial charge >= 0.3 is 0 Å². The van der Waals surface area contributed by atoms with Gasteiger partial charge in [0.1, 0.15) is 15.5 Å². The number of aromatic nitrogens is 2. The molecule has 0 spiro atoms. The summed E-state index contributed by atoms with van der Waals surface area (Å²) in [4.78, 5) is 26.1. The summed E-state index contributed by atoms with van der Waals surface area (Å²) in [5.41, 5.74) is 16.3. The predicted molar refractivity (Wildman–Crippen MR) is 130 cm³/mol. The Labute approximate surface area is 196 Å². The molecule has 1 amide bonds. The maximum atomic E-state index is 13.0. The van der Waals surface area contributed by atoms with E-state index in [2.05, 4.69) is 27.3 Å². The SMILES string of the molecule is Cc1ccc2c(N)c(C(=O)N[C@H]3CCc4nc(N5C[C@@H]6COC[C@]6(N)C5)ccc4C3)sc2n1. The first-order chi connectivity index (χ1) is 15.9. The maximum Gasteiger partial charge on any atom is 0.263 e. The molecule has 2 saturated heterocycles. The van der Waals surface area contributed by atoms with Crippen LogP contribution in [0.2, 0.25) is 0 Å². The number of anilines is 2. The van der Waals surface area contributed by atoms with Gasteiger partial charge in [0.05, 0.1) is 24.4 Å². The van der Waals surface area contributed by atoms with E-state index >= 15 is 0 Å². The number of carbonyl (C=O) groups is 1. The first-order valence-electron chi connectivity index (χ1n) is 11.5. The average molecular weight is 465 g/mol. The third-order valence-electron chi connectivity index (χ3n) is 7.28. The van der Waals surface area contributed by atoms with Crippen LogP contribution in [-0.4, -0.2) is 53.8 Å². The summed E-state index contributed by atoms with van der Waals surface area (Å²) in [7, 11) is 0. The molecule has 1 aliphatic carbocycles. The molecule has 5 heterocycles. The van der Waals surface area contributed by atoms with Crippen molar-refractivity contribution in [1.82, 2.24) is 15.3 Å². The van der Waals surface area contributed by atoms with Crippen LogP contribution in [0.3, 0.4) is 0 Å². The highest BCUT2D eigenvalue weighted by Gasteiger charge is 2.48. The second-order valence-electron chi connectivity index (χ2n) is 9.66. The van der Waals surface area contributed by atoms with Crippen LogP contribution in [0, 0.1) is 12.8 Å². The molecule has 3 aromatic rings. The third kappa shape index (κ3) is 3.55. The topological polar surface area (TPSA) is 119 Å². The first kappa shape index (κ1) is 20.8. The number of ether oxygens (including phenoxy) is 1. The number of nitrogens with zero attached hydrogens (tertiary/aromatic N) is 3. The van der Waals surface area contributed by atoms with Gasteiger partial charge < -0.3 is 26.4 Å². The Morgan fingerprint density at radius 2 is 2.18 bits per heavy atom. The minimum atomic E-state index is -0.254. The van der Waals surface area contributed by atoms with E-state index < -0.39 is 0 Å². The zero-order valence-corrected chi connectivity index (χ0v) is 19.5. The Balaban J connectivity index is 1.15. The fourth-order valence-electron chi connectivity index (χ4n) is 5.35. The van der Waals surface area contributed by atoms with Crippen LogP contribution < -0.4 is 21.7 Å². The van der Waals surface area contributed by atoms with E-state index in [1.165, 1.54) is 16.9 Å². The Hall–Kier alpha value is -2.75. The molecule has 2 fully saturated rings. The van der Waals surface area contributed by atoms with Crippen LogP contribution in [0.25, 0.3) is 10.2 Å². The third-order valence-corrected chi connectivity index (χ3v) is 8.39. The standard InChI is InChI=1S/C24H28N6O2S/c1-13-2-5-17-20(25)21(33-23(17)27-13)22(31)28-16-4-6-18-14(8-16)3-7-19(29-18)30-9-15-10-32-12-24(15,26)11-30/h2-3,5,7,15-16H,4,6,8-12,25-26H2,1H3,(H,28,31)/t15-,16+,24-/m1/s1. The van der Waals surface area contributed by atoms with Crippen LogP contribution in [-0.2, 0) is 17.6 Å². The lowest BCUT2D eigenvalue weighted by Gasteiger charge is -2.27. The van der Waals surface area contributed by atoms with E-state index in [0.29, 0.717) is 23.1 Å². The highest BCUT2D eigenvalue weighted by atomic mass is 32.1. The molecule has 6 rings (SSSR count). The Kier molecular flexibility index (Phi) is 4.83. The molecule has 2 aliphatic heterocycles. The molecule has 5 N–H and O–H groups in total. The molecule has 3 aliphatic rings. The quantitative estimate of drug-likeness (QED) is 0.543. The summed E-state index contributed by atoms with van der Waals surface area (Å²) < 4.78 is 5.58. The number of fused-ring (bicyclic) bond motifs is 3. The molecule has 0 radical (unpaired) electrons. The number of pyridine rings is 2. The minimum Gasteiger partial charge on any atom is -0.397 e. The van der Waals surface area contributed by atoms with E-state index in [-0.39, 0.29) is 17.5 Å². The normalized spacial score (nSPS) is 26.4. The summed E-state index contributed by atoms with van der Waals surface area (Å²) >= 11 is 1.36. The Morgan fingerprint density at radius 1 is 1.30 bits per heavy atom. The molecule has 3 aromatic heterocycles. The number of thiophene rings is 1. The second kappa shape index (κ2) is 7.65. The number of hydrogen-bond acceptors (Lipinski definition) is 8. The molecule has 9 heteroatoms. The molecule has 0 aromatic carbocycles. The van der Waals surface area contributed by atoms with Gasteiger partial charge in [-0.15, -0.1) is 11.3 Å². The number of rotatable bonds is 3. The number of nitrogens with one attached hydrogen (secondary N) is 1. The van der Waals surface area contributed by atoms with Crippen molar-refractivity contribution in [2.24, 2.45) is 11.7 Å². The van der Waals surface area contributed by atoms with Crippen LogP contribution in [0.1, 0.15) is 33.0 Å². The number of carbonyl (C=O) groups excluding carboxylic acids is 1. The van der Waals surface area contributed by atoms with Gasteiger partial charge in [-0.3, -0.25) is 4.79 Å². The molecule has 8 nitrogen and oxygen atoms in total. The monoisotopic (exact) mass is 464 g/mol. The fraction of sp³-hybridized carbons (Fsp3) is 0.458. The molecule has 0 saturated carbocycles. The van der Waals surface area contributed by atoms with Crippen LogP contribution in [0.4, 0.5) is 11.5 Å². The van der Waals surface area contributed by atoms with Crippen molar-refractivity contribution in [3.8, 4) is 0 Å². The largest absolute Gasteiger partial charge is 0.397 e. The molecule has 3 atom stereocenters. The van der Waals surface area contributed by atoms with Gasteiger partial charge in [0.15, 0.2) is 0 Å². The average Bonchev–Trinajstić information content (AvgIpc) is 3.42. The molecular weight excluding hydrogens is 436 g/mol. The number of amides is 1. The summed E-state index contributed by atoms with van der Waals surface area (Å²) in [6.45, 7) is 4.98. The lowest BCUT2D eigenvalue weighted by Crippen LogP contribution is -2.47. The summed E-state index contributed by atoms with van der Waals surface area (Å²) in [6.07, 6.45) is 2.47. The van der Waals surface area contributed by atoms with Crippen molar-refractivity contribution < 1.29 is 9.53 Å². The Bertz CT molecular complexity index is 1260. The lowest BCUT2D eigenvalue weighted by molar-refractivity contribution is 0.0938. The molecule has 0 bridgehead atoms. The highest BCUT2D eigenvalue weighted by Crippen LogP contribution is 2.35. The lowest BCUT2D eigenvalue weighted by atomic mass is 9.91. The minimum absolute atomic E-state index is 0.0626. The van der Waals surface area contributed by atoms with Crippen molar-refractivity contribution in [2.75, 3.05) is 36.9 Å². The van der Waals surface area contributed by atoms with Crippen LogP contribution in [0.5, 0.6) is 0 Å². The van der Waals surface area contributed by atoms with Crippen molar-refractivity contribution in [2.45, 2.75) is 37.8 Å². The van der Waals surface area contributed by atoms with E-state index in [1.807, 2.05) is 19.1 Å². The second-order valence-corrected chi connectivity index (χ2v) is 10.7. The summed E-state index contributed by atoms with van der Waals surface area (Å²) in [5.74, 6) is 1.25. The molecule has 33 heavy (non-hydrogen) atoms. The number of aryl methyl sites for hydroxylation is 2. The molecule has 172 valence electrons. The Morgan fingerprint density at radius 3 is 3.03 bits per heavy atom. The van der Waals surface area contributed by atoms with Gasteiger partial charge in [-0.25, -0.2) is 9.97 Å². The zero-order valence-electron chi connectivity index (χ0n) is 18.6. The van der Waals surface area contributed by atoms with Crippen molar-refractivity contribution >= 4 is 39.0 Å². The van der Waals surface area contributed by atoms with E-state index in [9.17, 15) is 4.79 Å². The van der Waals surface area contributed by atoms with Gasteiger partial charge in [0.2, 0.25) is 0 Å². The van der Waals surface area contributed by atoms with Gasteiger partial charge in [0, 0.05) is 41.8 Å². The first-order valence-corrected chi connectivity index (χ1v) is 12.3. The molecule has 0 unspecified atom stereocenters. The van der Waals surface area contributed by atoms with E-state index in [4.69, 9.17) is 21.2 Å². The highest BCUT2D eigenvalue weighted by molar-refractivity contribution is 7.21. The molecular formula is C24H28N6O2S. The van der Waals surface area contributed by atoms with Crippen molar-refractivity contribution in [1.29, 1.82) is 0 Å². The smallest absolute Gasteiger partial charge is 0.263 e. The van der Waals surface area contributed by atoms with Gasteiger partial charge in [-0.05, 0) is 49.9 Å². The predicted octanol–water partition coefficient (Wildman–Crippen LogP) is 2.03. The maximum absolute atomic E-state index is 13.0. The fourth-order valence-corrected chi connectivity index (χ4v) is 6.40. The zero-order chi connectivity index (χ0) is 22.7. The summed E-state index contributed by atoms with van der Waals surface area (Å²) in [5, 5.41) is 4.03. The van der Waals surface area contributed by atoms with Crippen LogP contribution >= 0.6 is 11.3 Å². The van der Waals surface area contributed by atoms with E-state index in [1.54, 1.807) is 0 Å². The summed E-state index contributed by atoms with van der Waals surface area (Å²) in [6, 6.07) is 8.17. The van der Waals surface area contributed by atoms with Gasteiger partial charge in [-0.2, -0.15) is 0 Å². The van der Waals surface area contributed by atoms with Gasteiger partial charge in [-0.1, -0.05) is 6.07 Å².